The Labute approximate surface area is 303 Å². The Balaban J connectivity index is 0.931. The third-order valence-electron chi connectivity index (χ3n) is 10.7. The summed E-state index contributed by atoms with van der Waals surface area (Å²) < 4.78 is 3.32. The molecule has 0 atom stereocenters. The first-order valence-corrected chi connectivity index (χ1v) is 17.8. The van der Waals surface area contributed by atoms with Gasteiger partial charge in [-0.25, -0.2) is 0 Å². The fourth-order valence-corrected chi connectivity index (χ4v) is 8.18. The standard InChI is InChI=1S/C35H35Cl2N13O/c36-25-5-4-23(17-26(25)37)45-12-14-47(15-13-45)32-20-29(39)50-33(43-32)18-27(44-50)22-2-1-3-24(16-22)48-21-40-34(51)35(48)7-10-46(11-8-35)31-19-28(38)49-30(42-31)6-9-41-49/h1-6,9,16-20H,7-8,10-15,21,38-39H2,(H,40,51)/p+2. The Morgan fingerprint density at radius 3 is 2.25 bits per heavy atom. The molecule has 1 amide bonds. The van der Waals surface area contributed by atoms with Gasteiger partial charge in [0, 0.05) is 41.9 Å². The number of rotatable bonds is 5. The third kappa shape index (κ3) is 5.46. The highest BCUT2D eigenvalue weighted by Crippen LogP contribution is 2.36. The monoisotopic (exact) mass is 725 g/mol. The van der Waals surface area contributed by atoms with E-state index in [1.54, 1.807) is 15.2 Å². The summed E-state index contributed by atoms with van der Waals surface area (Å²) in [7, 11) is 0. The molecule has 4 aromatic heterocycles. The zero-order chi connectivity index (χ0) is 34.9. The van der Waals surface area contributed by atoms with Crippen molar-refractivity contribution in [1.29, 1.82) is 0 Å². The van der Waals surface area contributed by atoms with Gasteiger partial charge in [-0.15, -0.1) is 0 Å². The Bertz CT molecular complexity index is 2310. The molecule has 6 aromatic rings. The van der Waals surface area contributed by atoms with Gasteiger partial charge < -0.3 is 26.6 Å². The second-order valence-corrected chi connectivity index (χ2v) is 14.3. The summed E-state index contributed by atoms with van der Waals surface area (Å²) in [5.74, 6) is 2.91. The predicted molar refractivity (Wildman–Crippen MR) is 197 cm³/mol. The summed E-state index contributed by atoms with van der Waals surface area (Å²) in [5.41, 5.74) is 17.3. The number of hydrogen-bond donors (Lipinski definition) is 5. The van der Waals surface area contributed by atoms with Crippen molar-refractivity contribution in [3.8, 4) is 11.3 Å². The second-order valence-electron chi connectivity index (χ2n) is 13.5. The van der Waals surface area contributed by atoms with Crippen molar-refractivity contribution in [3.63, 3.8) is 0 Å². The number of nitrogens with zero attached hydrogens (tertiary/aromatic N) is 8. The molecule has 2 aromatic carbocycles. The van der Waals surface area contributed by atoms with Crippen molar-refractivity contribution in [2.45, 2.75) is 18.4 Å². The number of carbonyl (C=O) groups is 1. The fraction of sp³-hybridized carbons (Fsp3) is 0.286. The van der Waals surface area contributed by atoms with Crippen LogP contribution < -0.4 is 36.4 Å². The lowest BCUT2D eigenvalue weighted by atomic mass is 9.85. The Hall–Kier alpha value is -5.15. The molecule has 0 aliphatic carbocycles. The molecule has 16 heteroatoms. The number of halogens is 2. The first-order valence-electron chi connectivity index (χ1n) is 17.1. The van der Waals surface area contributed by atoms with Gasteiger partial charge in [-0.3, -0.25) is 14.6 Å². The van der Waals surface area contributed by atoms with Gasteiger partial charge in [0.25, 0.3) is 0 Å². The van der Waals surface area contributed by atoms with Crippen LogP contribution in [0.2, 0.25) is 10.0 Å². The van der Waals surface area contributed by atoms with Crippen LogP contribution in [-0.4, -0.2) is 86.6 Å². The maximum atomic E-state index is 13.5. The smallest absolute Gasteiger partial charge is 0.247 e. The van der Waals surface area contributed by atoms with Crippen LogP contribution in [0.5, 0.6) is 0 Å². The van der Waals surface area contributed by atoms with Crippen molar-refractivity contribution in [2.24, 2.45) is 0 Å². The highest BCUT2D eigenvalue weighted by molar-refractivity contribution is 6.42. The Morgan fingerprint density at radius 2 is 1.49 bits per heavy atom. The minimum atomic E-state index is -0.652. The molecule has 3 aliphatic heterocycles. The molecule has 0 bridgehead atoms. The number of nitrogens with two attached hydrogens (primary N) is 2. The van der Waals surface area contributed by atoms with E-state index < -0.39 is 5.54 Å². The molecule has 9 rings (SSSR count). The van der Waals surface area contributed by atoms with E-state index in [0.717, 1.165) is 79.2 Å². The van der Waals surface area contributed by atoms with Gasteiger partial charge in [0.15, 0.2) is 11.3 Å². The fourth-order valence-electron chi connectivity index (χ4n) is 7.89. The number of quaternary nitrogens is 2. The molecule has 0 radical (unpaired) electrons. The van der Waals surface area contributed by atoms with Crippen molar-refractivity contribution >= 4 is 75.0 Å². The summed E-state index contributed by atoms with van der Waals surface area (Å²) in [5, 5.41) is 13.3. The van der Waals surface area contributed by atoms with Gasteiger partial charge in [0.05, 0.1) is 66.9 Å². The second kappa shape index (κ2) is 12.3. The van der Waals surface area contributed by atoms with Crippen LogP contribution in [0, 0.1) is 0 Å². The molecule has 3 saturated heterocycles. The Kier molecular flexibility index (Phi) is 7.65. The van der Waals surface area contributed by atoms with Gasteiger partial charge in [-0.05, 0) is 30.3 Å². The van der Waals surface area contributed by atoms with E-state index in [1.807, 2.05) is 54.6 Å². The van der Waals surface area contributed by atoms with Crippen LogP contribution in [0.25, 0.3) is 22.6 Å². The Morgan fingerprint density at radius 1 is 0.765 bits per heavy atom. The van der Waals surface area contributed by atoms with E-state index >= 15 is 0 Å². The molecule has 260 valence electrons. The van der Waals surface area contributed by atoms with Gasteiger partial charge >= 0.3 is 0 Å². The van der Waals surface area contributed by atoms with E-state index in [4.69, 9.17) is 49.7 Å². The molecule has 3 aliphatic rings. The molecule has 14 nitrogen and oxygen atoms in total. The van der Waals surface area contributed by atoms with Crippen LogP contribution in [0.1, 0.15) is 12.8 Å². The molecule has 0 unspecified atom stereocenters. The van der Waals surface area contributed by atoms with Crippen molar-refractivity contribution in [1.82, 2.24) is 34.5 Å². The predicted octanol–water partition coefficient (Wildman–Crippen LogP) is 1.59. The minimum absolute atomic E-state index is 0.0585. The SMILES string of the molecule is Nc1cc([NH+]2CCC3(CC2)C(=O)NCN3c2cccc(-c3cc4nc([NH+]5CCN(c6ccc(Cl)c(Cl)c6)CC5)cc(N)n4n3)c2)nc2ccnn12. The number of hydrogen-bond acceptors (Lipinski definition) is 9. The number of piperidine rings is 1. The highest BCUT2D eigenvalue weighted by atomic mass is 35.5. The van der Waals surface area contributed by atoms with Gasteiger partial charge in [-0.1, -0.05) is 35.3 Å². The molecular weight excluding hydrogens is 689 g/mol. The van der Waals surface area contributed by atoms with Crippen LogP contribution in [0.15, 0.2) is 72.9 Å². The maximum Gasteiger partial charge on any atom is 0.247 e. The summed E-state index contributed by atoms with van der Waals surface area (Å²) >= 11 is 12.4. The van der Waals surface area contributed by atoms with Crippen LogP contribution >= 0.6 is 23.2 Å². The van der Waals surface area contributed by atoms with E-state index in [9.17, 15) is 4.79 Å². The zero-order valence-corrected chi connectivity index (χ0v) is 29.2. The van der Waals surface area contributed by atoms with Gasteiger partial charge in [0.1, 0.15) is 30.3 Å². The third-order valence-corrected chi connectivity index (χ3v) is 11.4. The summed E-state index contributed by atoms with van der Waals surface area (Å²) in [6.07, 6.45) is 3.04. The van der Waals surface area contributed by atoms with E-state index in [2.05, 4.69) is 32.3 Å². The molecule has 3 fully saturated rings. The van der Waals surface area contributed by atoms with Crippen LogP contribution in [-0.2, 0) is 4.79 Å². The quantitative estimate of drug-likeness (QED) is 0.178. The topological polar surface area (TPSA) is 157 Å². The summed E-state index contributed by atoms with van der Waals surface area (Å²) in [4.78, 5) is 30.3. The first-order chi connectivity index (χ1) is 24.8. The van der Waals surface area contributed by atoms with E-state index in [0.29, 0.717) is 46.8 Å². The molecule has 0 saturated carbocycles. The molecule has 1 spiro atoms. The molecule has 7 heterocycles. The number of benzene rings is 2. The van der Waals surface area contributed by atoms with E-state index in [1.165, 1.54) is 9.80 Å². The number of anilines is 4. The minimum Gasteiger partial charge on any atom is -0.383 e. The van der Waals surface area contributed by atoms with Crippen molar-refractivity contribution in [3.05, 3.63) is 83.0 Å². The average Bonchev–Trinajstić information content (AvgIpc) is 3.88. The van der Waals surface area contributed by atoms with Crippen LogP contribution in [0.3, 0.4) is 0 Å². The number of amides is 1. The average molecular weight is 727 g/mol. The number of nitrogens with one attached hydrogen (secondary N) is 3. The van der Waals surface area contributed by atoms with E-state index in [-0.39, 0.29) is 5.91 Å². The summed E-state index contributed by atoms with van der Waals surface area (Å²) in [6.45, 7) is 5.34. The molecular formula is C35H37Cl2N13O+2. The summed E-state index contributed by atoms with van der Waals surface area (Å²) in [6, 6.07) is 21.6. The molecule has 7 N–H and O–H groups in total. The van der Waals surface area contributed by atoms with Gasteiger partial charge in [0.2, 0.25) is 17.5 Å². The van der Waals surface area contributed by atoms with Crippen molar-refractivity contribution in [2.75, 3.05) is 67.2 Å². The first kappa shape index (κ1) is 31.8. The maximum absolute atomic E-state index is 13.5. The number of fused-ring (bicyclic) bond motifs is 2. The molecule has 51 heavy (non-hydrogen) atoms. The number of aromatic nitrogens is 6. The van der Waals surface area contributed by atoms with Crippen LogP contribution in [0.4, 0.5) is 34.6 Å². The van der Waals surface area contributed by atoms with Gasteiger partial charge in [-0.2, -0.15) is 29.2 Å². The highest BCUT2D eigenvalue weighted by Gasteiger charge is 2.52. The number of nitrogen functional groups attached to an aromatic ring is 2. The van der Waals surface area contributed by atoms with Crippen molar-refractivity contribution < 1.29 is 14.6 Å². The normalized spacial score (nSPS) is 21.3. The zero-order valence-electron chi connectivity index (χ0n) is 27.7. The lowest BCUT2D eigenvalue weighted by Crippen LogP contribution is -3.10. The number of carbonyl (C=O) groups excluding carboxylic acids is 1. The lowest BCUT2D eigenvalue weighted by molar-refractivity contribution is -0.841. The number of piperazine rings is 1. The lowest BCUT2D eigenvalue weighted by Gasteiger charge is -2.41. The largest absolute Gasteiger partial charge is 0.383 e.